The van der Waals surface area contributed by atoms with E-state index in [2.05, 4.69) is 36.3 Å². The Morgan fingerprint density at radius 1 is 0.951 bits per heavy atom. The maximum Gasteiger partial charge on any atom is 0.412 e. The predicted octanol–water partition coefficient (Wildman–Crippen LogP) is 5.26. The number of imidazole rings is 1. The van der Waals surface area contributed by atoms with Crippen LogP contribution in [-0.4, -0.2) is 49.7 Å². The van der Waals surface area contributed by atoms with Crippen LogP contribution >= 0.6 is 11.6 Å². The lowest BCUT2D eigenvalue weighted by molar-refractivity contribution is 0.102. The summed E-state index contributed by atoms with van der Waals surface area (Å²) in [6.45, 7) is 0. The first-order valence-electron chi connectivity index (χ1n) is 13.5. The average molecular weight is 579 g/mol. The molecule has 6 rings (SSSR count). The number of anilines is 3. The number of para-hydroxylation sites is 1. The third-order valence-electron chi connectivity index (χ3n) is 7.10. The number of hydrogen-bond acceptors (Lipinski definition) is 8. The molecule has 0 radical (unpaired) electrons. The van der Waals surface area contributed by atoms with E-state index >= 15 is 0 Å². The van der Waals surface area contributed by atoms with Crippen LogP contribution in [0.4, 0.5) is 26.4 Å². The van der Waals surface area contributed by atoms with Crippen molar-refractivity contribution >= 4 is 46.4 Å². The molecule has 41 heavy (non-hydrogen) atoms. The van der Waals surface area contributed by atoms with Gasteiger partial charge in [0.25, 0.3) is 5.91 Å². The van der Waals surface area contributed by atoms with Gasteiger partial charge in [-0.15, -0.1) is 5.10 Å². The van der Waals surface area contributed by atoms with Gasteiger partial charge in [-0.3, -0.25) is 9.78 Å². The molecule has 0 bridgehead atoms. The Labute approximate surface area is 239 Å². The summed E-state index contributed by atoms with van der Waals surface area (Å²) in [6.07, 6.45) is 8.53. The number of rotatable bonds is 8. The summed E-state index contributed by atoms with van der Waals surface area (Å²) in [5.41, 5.74) is 1.46. The largest absolute Gasteiger partial charge is 0.412 e. The highest BCUT2D eigenvalue weighted by Gasteiger charge is 2.27. The number of nitrogens with zero attached hydrogens (tertiary/aromatic N) is 4. The Morgan fingerprint density at radius 2 is 1.68 bits per heavy atom. The van der Waals surface area contributed by atoms with E-state index in [0.717, 1.165) is 50.4 Å². The zero-order valence-corrected chi connectivity index (χ0v) is 22.7. The highest BCUT2D eigenvalue weighted by molar-refractivity contribution is 6.32. The van der Waals surface area contributed by atoms with E-state index in [0.29, 0.717) is 28.3 Å². The molecule has 2 fully saturated rings. The zero-order valence-electron chi connectivity index (χ0n) is 21.9. The first kappa shape index (κ1) is 26.8. The fraction of sp³-hybridized carbons (Fsp3) is 0.321. The topological polar surface area (TPSA) is 135 Å². The second kappa shape index (κ2) is 11.6. The Balaban J connectivity index is 1.13. The lowest BCUT2D eigenvalue weighted by Crippen LogP contribution is -2.41. The molecule has 13 heteroatoms. The molecule has 3 aromatic heterocycles. The number of aromatic nitrogens is 4. The van der Waals surface area contributed by atoms with E-state index < -0.39 is 17.8 Å². The molecule has 0 saturated heterocycles. The number of nitrogens with one attached hydrogen (secondary N) is 4. The fourth-order valence-corrected chi connectivity index (χ4v) is 5.00. The predicted molar refractivity (Wildman–Crippen MR) is 152 cm³/mol. The van der Waals surface area contributed by atoms with Gasteiger partial charge in [0, 0.05) is 30.4 Å². The third kappa shape index (κ3) is 6.32. The van der Waals surface area contributed by atoms with Gasteiger partial charge in [-0.1, -0.05) is 23.7 Å². The molecule has 0 unspecified atom stereocenters. The molecule has 2 aliphatic rings. The summed E-state index contributed by atoms with van der Waals surface area (Å²) in [7, 11) is 0. The van der Waals surface area contributed by atoms with Crippen molar-refractivity contribution in [3.8, 4) is 5.75 Å². The molecule has 11 nitrogen and oxygen atoms in total. The zero-order chi connectivity index (χ0) is 28.3. The third-order valence-corrected chi connectivity index (χ3v) is 7.41. The molecule has 2 saturated carbocycles. The fourth-order valence-electron chi connectivity index (χ4n) is 4.83. The molecule has 4 N–H and O–H groups in total. The molecule has 2 amide bonds. The molecule has 4 aromatic rings. The van der Waals surface area contributed by atoms with Gasteiger partial charge in [0.2, 0.25) is 0 Å². The Bertz CT molecular complexity index is 1590. The molecule has 2 aliphatic carbocycles. The minimum absolute atomic E-state index is 0.0201. The monoisotopic (exact) mass is 578 g/mol. The van der Waals surface area contributed by atoms with E-state index in [1.807, 2.05) is 6.07 Å². The van der Waals surface area contributed by atoms with Gasteiger partial charge in [-0.05, 0) is 56.7 Å². The van der Waals surface area contributed by atoms with Crippen molar-refractivity contribution in [3.05, 3.63) is 71.5 Å². The number of fused-ring (bicyclic) bond motifs is 1. The SMILES string of the molecule is O=C(N[C@H]1CC[C@H](Nc2cc(NC3CC3)c3ncc(C(=O)Nc4ccncc4F)n3n2)CC1)Oc1ccccc1Cl. The van der Waals surface area contributed by atoms with Crippen LogP contribution in [0.2, 0.25) is 5.02 Å². The van der Waals surface area contributed by atoms with Crippen molar-refractivity contribution in [2.45, 2.75) is 56.7 Å². The molecule has 0 atom stereocenters. The maximum absolute atomic E-state index is 14.1. The van der Waals surface area contributed by atoms with Crippen molar-refractivity contribution < 1.29 is 18.7 Å². The number of pyridine rings is 1. The first-order chi connectivity index (χ1) is 19.9. The van der Waals surface area contributed by atoms with Crippen LogP contribution in [0.15, 0.2) is 55.0 Å². The van der Waals surface area contributed by atoms with Crippen LogP contribution in [0.25, 0.3) is 5.65 Å². The summed E-state index contributed by atoms with van der Waals surface area (Å²) in [6, 6.07) is 10.5. The average Bonchev–Trinajstić information content (AvgIpc) is 3.67. The van der Waals surface area contributed by atoms with Crippen LogP contribution in [0.5, 0.6) is 5.75 Å². The molecular formula is C28H28ClFN8O3. The van der Waals surface area contributed by atoms with E-state index in [4.69, 9.17) is 16.3 Å². The number of halogens is 2. The van der Waals surface area contributed by atoms with E-state index in [1.54, 1.807) is 24.3 Å². The lowest BCUT2D eigenvalue weighted by atomic mass is 9.91. The quantitative estimate of drug-likeness (QED) is 0.222. The normalized spacial score (nSPS) is 18.5. The number of benzene rings is 1. The Hall–Kier alpha value is -4.45. The van der Waals surface area contributed by atoms with Gasteiger partial charge < -0.3 is 26.0 Å². The molecule has 3 heterocycles. The van der Waals surface area contributed by atoms with Gasteiger partial charge in [-0.25, -0.2) is 18.7 Å². The van der Waals surface area contributed by atoms with Crippen LogP contribution in [0.1, 0.15) is 49.0 Å². The van der Waals surface area contributed by atoms with E-state index in [-0.39, 0.29) is 23.5 Å². The van der Waals surface area contributed by atoms with E-state index in [1.165, 1.54) is 23.0 Å². The summed E-state index contributed by atoms with van der Waals surface area (Å²) >= 11 is 6.08. The van der Waals surface area contributed by atoms with Crippen LogP contribution in [0, 0.1) is 5.82 Å². The molecule has 212 valence electrons. The highest BCUT2D eigenvalue weighted by Crippen LogP contribution is 2.30. The van der Waals surface area contributed by atoms with Gasteiger partial charge in [-0.2, -0.15) is 0 Å². The van der Waals surface area contributed by atoms with Crippen LogP contribution < -0.4 is 26.0 Å². The second-order valence-electron chi connectivity index (χ2n) is 10.2. The van der Waals surface area contributed by atoms with Gasteiger partial charge in [0.15, 0.2) is 22.9 Å². The van der Waals surface area contributed by atoms with Gasteiger partial charge in [0.1, 0.15) is 5.82 Å². The highest BCUT2D eigenvalue weighted by atomic mass is 35.5. The summed E-state index contributed by atoms with van der Waals surface area (Å²) < 4.78 is 20.9. The standard InChI is InChI=1S/C28H28ClFN8O3/c29-19-3-1-2-4-24(19)41-28(40)35-18-9-7-17(8-10-18)34-25-13-22(33-16-5-6-16)26-32-15-23(38(26)37-25)27(39)36-21-11-12-31-14-20(21)30/h1-4,11-18,33H,5-10H2,(H,34,37)(H,35,40)(H,31,36,39)/t17-,18-. The molecule has 0 aliphatic heterocycles. The summed E-state index contributed by atoms with van der Waals surface area (Å²) in [5.74, 6) is -0.280. The van der Waals surface area contributed by atoms with Crippen LogP contribution in [0.3, 0.4) is 0 Å². The molecular weight excluding hydrogens is 551 g/mol. The Kier molecular flexibility index (Phi) is 7.55. The first-order valence-corrected chi connectivity index (χ1v) is 13.9. The molecule has 1 aromatic carbocycles. The smallest absolute Gasteiger partial charge is 0.409 e. The van der Waals surface area contributed by atoms with Crippen molar-refractivity contribution in [2.24, 2.45) is 0 Å². The van der Waals surface area contributed by atoms with Crippen molar-refractivity contribution in [1.82, 2.24) is 24.9 Å². The number of amides is 2. The summed E-state index contributed by atoms with van der Waals surface area (Å²) in [4.78, 5) is 33.6. The minimum Gasteiger partial charge on any atom is -0.409 e. The van der Waals surface area contributed by atoms with Crippen molar-refractivity contribution in [2.75, 3.05) is 16.0 Å². The second-order valence-corrected chi connectivity index (χ2v) is 10.6. The minimum atomic E-state index is -0.636. The maximum atomic E-state index is 14.1. The van der Waals surface area contributed by atoms with Crippen LogP contribution in [-0.2, 0) is 0 Å². The summed E-state index contributed by atoms with van der Waals surface area (Å²) in [5, 5.41) is 17.5. The number of ether oxygens (including phenoxy) is 1. The lowest BCUT2D eigenvalue weighted by Gasteiger charge is -2.29. The number of carbonyl (C=O) groups is 2. The van der Waals surface area contributed by atoms with Gasteiger partial charge in [0.05, 0.1) is 28.8 Å². The Morgan fingerprint density at radius 3 is 2.44 bits per heavy atom. The number of carbonyl (C=O) groups excluding carboxylic acids is 2. The van der Waals surface area contributed by atoms with Crippen molar-refractivity contribution in [3.63, 3.8) is 0 Å². The number of hydrogen-bond donors (Lipinski definition) is 4. The molecule has 0 spiro atoms. The van der Waals surface area contributed by atoms with Crippen molar-refractivity contribution in [1.29, 1.82) is 0 Å². The van der Waals surface area contributed by atoms with E-state index in [9.17, 15) is 14.0 Å². The van der Waals surface area contributed by atoms with Gasteiger partial charge >= 0.3 is 6.09 Å².